The van der Waals surface area contributed by atoms with Crippen LogP contribution in [-0.2, 0) is 4.57 Å². The van der Waals surface area contributed by atoms with E-state index in [9.17, 15) is 4.57 Å². The average Bonchev–Trinajstić information content (AvgIpc) is 2.56. The van der Waals surface area contributed by atoms with Crippen LogP contribution in [-0.4, -0.2) is 17.9 Å². The highest BCUT2D eigenvalue weighted by molar-refractivity contribution is 7.78. The third-order valence-electron chi connectivity index (χ3n) is 2.99. The SMILES string of the molecule is O=P(CCCCN=C=S)(Oc1ccccc1)Oc1ccccc1. The van der Waals surface area contributed by atoms with Gasteiger partial charge in [-0.1, -0.05) is 36.4 Å². The maximum atomic E-state index is 13.1. The van der Waals surface area contributed by atoms with Gasteiger partial charge >= 0.3 is 7.60 Å². The number of rotatable bonds is 9. The van der Waals surface area contributed by atoms with E-state index in [2.05, 4.69) is 22.4 Å². The molecule has 0 unspecified atom stereocenters. The van der Waals surface area contributed by atoms with Crippen molar-refractivity contribution in [1.29, 1.82) is 0 Å². The fourth-order valence-electron chi connectivity index (χ4n) is 1.94. The predicted octanol–water partition coefficient (Wildman–Crippen LogP) is 5.22. The van der Waals surface area contributed by atoms with Gasteiger partial charge in [-0.15, -0.1) is 0 Å². The van der Waals surface area contributed by atoms with Gasteiger partial charge in [-0.2, -0.15) is 0 Å². The molecule has 0 aliphatic heterocycles. The number of benzene rings is 2. The molecule has 2 aromatic carbocycles. The Morgan fingerprint density at radius 2 is 1.43 bits per heavy atom. The van der Waals surface area contributed by atoms with E-state index in [1.807, 2.05) is 36.4 Å². The van der Waals surface area contributed by atoms with Crippen molar-refractivity contribution < 1.29 is 13.6 Å². The molecule has 0 radical (unpaired) electrons. The molecule has 0 heterocycles. The van der Waals surface area contributed by atoms with Gasteiger partial charge in [-0.05, 0) is 49.3 Å². The Hall–Kier alpha value is -1.93. The molecular formula is C17H18NO3PS. The van der Waals surface area contributed by atoms with E-state index in [1.54, 1.807) is 24.3 Å². The van der Waals surface area contributed by atoms with Gasteiger partial charge in [-0.25, -0.2) is 9.56 Å². The molecule has 0 saturated heterocycles. The molecule has 0 amide bonds. The molecule has 0 saturated carbocycles. The average molecular weight is 347 g/mol. The highest BCUT2D eigenvalue weighted by Crippen LogP contribution is 2.49. The van der Waals surface area contributed by atoms with Gasteiger partial charge < -0.3 is 9.05 Å². The van der Waals surface area contributed by atoms with Crippen molar-refractivity contribution in [2.45, 2.75) is 12.8 Å². The second-order valence-electron chi connectivity index (χ2n) is 4.82. The van der Waals surface area contributed by atoms with Crippen molar-refractivity contribution in [3.8, 4) is 11.5 Å². The summed E-state index contributed by atoms with van der Waals surface area (Å²) < 4.78 is 24.4. The minimum absolute atomic E-state index is 0.309. The fraction of sp³-hybridized carbons (Fsp3) is 0.235. The summed E-state index contributed by atoms with van der Waals surface area (Å²) in [5.74, 6) is 1.06. The number of hydrogen-bond acceptors (Lipinski definition) is 5. The molecule has 2 rings (SSSR count). The van der Waals surface area contributed by atoms with Gasteiger partial charge in [0.15, 0.2) is 0 Å². The summed E-state index contributed by atoms with van der Waals surface area (Å²) in [5.41, 5.74) is 0. The molecule has 0 bridgehead atoms. The highest BCUT2D eigenvalue weighted by Gasteiger charge is 2.27. The lowest BCUT2D eigenvalue weighted by molar-refractivity contribution is 0.384. The minimum atomic E-state index is -3.30. The Kier molecular flexibility index (Phi) is 7.02. The van der Waals surface area contributed by atoms with E-state index in [1.165, 1.54) is 0 Å². The summed E-state index contributed by atoms with van der Waals surface area (Å²) in [4.78, 5) is 3.85. The van der Waals surface area contributed by atoms with Crippen LogP contribution in [0.15, 0.2) is 65.7 Å². The molecule has 6 heteroatoms. The molecule has 0 N–H and O–H groups in total. The van der Waals surface area contributed by atoms with Crippen LogP contribution in [0.3, 0.4) is 0 Å². The van der Waals surface area contributed by atoms with Gasteiger partial charge in [0.05, 0.1) is 11.3 Å². The second kappa shape index (κ2) is 9.26. The normalized spacial score (nSPS) is 10.6. The molecule has 2 aromatic rings. The monoisotopic (exact) mass is 347 g/mol. The van der Waals surface area contributed by atoms with E-state index in [0.717, 1.165) is 6.42 Å². The van der Waals surface area contributed by atoms with Crippen LogP contribution >= 0.6 is 19.8 Å². The first-order chi connectivity index (χ1) is 11.2. The molecule has 120 valence electrons. The molecular weight excluding hydrogens is 329 g/mol. The van der Waals surface area contributed by atoms with Crippen LogP contribution in [0.5, 0.6) is 11.5 Å². The third kappa shape index (κ3) is 6.37. The van der Waals surface area contributed by atoms with Gasteiger partial charge in [0.2, 0.25) is 0 Å². The van der Waals surface area contributed by atoms with Crippen LogP contribution in [0.1, 0.15) is 12.8 Å². The molecule has 0 aliphatic rings. The van der Waals surface area contributed by atoms with Crippen molar-refractivity contribution in [2.24, 2.45) is 4.99 Å². The van der Waals surface area contributed by atoms with E-state index in [0.29, 0.717) is 30.6 Å². The largest absolute Gasteiger partial charge is 0.430 e. The van der Waals surface area contributed by atoms with Gasteiger partial charge in [0.25, 0.3) is 0 Å². The molecule has 0 fully saturated rings. The van der Waals surface area contributed by atoms with Crippen molar-refractivity contribution in [3.63, 3.8) is 0 Å². The summed E-state index contributed by atoms with van der Waals surface area (Å²) in [6, 6.07) is 18.1. The first kappa shape index (κ1) is 17.4. The van der Waals surface area contributed by atoms with E-state index < -0.39 is 7.60 Å². The van der Waals surface area contributed by atoms with Crippen LogP contribution in [0, 0.1) is 0 Å². The Bertz CT molecular complexity index is 642. The first-order valence-electron chi connectivity index (χ1n) is 7.34. The lowest BCUT2D eigenvalue weighted by atomic mass is 10.3. The Morgan fingerprint density at radius 3 is 1.91 bits per heavy atom. The lowest BCUT2D eigenvalue weighted by Crippen LogP contribution is -2.05. The van der Waals surface area contributed by atoms with Crippen molar-refractivity contribution in [2.75, 3.05) is 12.7 Å². The number of unbranched alkanes of at least 4 members (excludes halogenated alkanes) is 1. The van der Waals surface area contributed by atoms with Crippen LogP contribution in [0.4, 0.5) is 0 Å². The smallest absolute Gasteiger partial charge is 0.416 e. The number of aliphatic imine (C=N–C) groups is 1. The number of thiocarbonyl (C=S) groups is 1. The maximum absolute atomic E-state index is 13.1. The Labute approximate surface area is 141 Å². The summed E-state index contributed by atoms with van der Waals surface area (Å²) >= 11 is 4.53. The van der Waals surface area contributed by atoms with Gasteiger partial charge in [0, 0.05) is 6.54 Å². The number of para-hydroxylation sites is 2. The predicted molar refractivity (Wildman–Crippen MR) is 95.7 cm³/mol. The lowest BCUT2D eigenvalue weighted by Gasteiger charge is -2.20. The summed E-state index contributed by atoms with van der Waals surface area (Å²) in [7, 11) is -3.30. The van der Waals surface area contributed by atoms with Crippen LogP contribution in [0.2, 0.25) is 0 Å². The van der Waals surface area contributed by atoms with Crippen molar-refractivity contribution in [3.05, 3.63) is 60.7 Å². The zero-order valence-electron chi connectivity index (χ0n) is 12.6. The zero-order valence-corrected chi connectivity index (χ0v) is 14.3. The van der Waals surface area contributed by atoms with Gasteiger partial charge in [-0.3, -0.25) is 0 Å². The van der Waals surface area contributed by atoms with Crippen molar-refractivity contribution in [1.82, 2.24) is 0 Å². The Morgan fingerprint density at radius 1 is 0.913 bits per heavy atom. The first-order valence-corrected chi connectivity index (χ1v) is 9.47. The number of nitrogens with zero attached hydrogens (tertiary/aromatic N) is 1. The molecule has 4 nitrogen and oxygen atoms in total. The zero-order chi connectivity index (χ0) is 16.4. The molecule has 23 heavy (non-hydrogen) atoms. The second-order valence-corrected chi connectivity index (χ2v) is 7.04. The number of hydrogen-bond donors (Lipinski definition) is 0. The number of isothiocyanates is 1. The minimum Gasteiger partial charge on any atom is -0.416 e. The maximum Gasteiger partial charge on any atom is 0.430 e. The fourth-order valence-corrected chi connectivity index (χ4v) is 3.74. The third-order valence-corrected chi connectivity index (χ3v) is 4.96. The molecule has 0 aromatic heterocycles. The van der Waals surface area contributed by atoms with Crippen LogP contribution in [0.25, 0.3) is 0 Å². The quantitative estimate of drug-likeness (QED) is 0.270. The Balaban J connectivity index is 2.06. The molecule has 0 spiro atoms. The molecule has 0 atom stereocenters. The summed E-state index contributed by atoms with van der Waals surface area (Å²) in [6.45, 7) is 0.570. The van der Waals surface area contributed by atoms with E-state index >= 15 is 0 Å². The van der Waals surface area contributed by atoms with E-state index in [4.69, 9.17) is 9.05 Å². The summed E-state index contributed by atoms with van der Waals surface area (Å²) in [6.07, 6.45) is 1.73. The topological polar surface area (TPSA) is 47.9 Å². The van der Waals surface area contributed by atoms with Gasteiger partial charge in [0.1, 0.15) is 11.5 Å². The molecule has 0 aliphatic carbocycles. The van der Waals surface area contributed by atoms with Crippen LogP contribution < -0.4 is 9.05 Å². The van der Waals surface area contributed by atoms with Crippen molar-refractivity contribution >= 4 is 25.0 Å². The standard InChI is InChI=1S/C17H18NO3PS/c19-22(14-8-7-13-18-15-23,20-16-9-3-1-4-10-16)21-17-11-5-2-6-12-17/h1-6,9-12H,7-8,13-14H2. The highest BCUT2D eigenvalue weighted by atomic mass is 32.1. The van der Waals surface area contributed by atoms with E-state index in [-0.39, 0.29) is 0 Å². The summed E-state index contributed by atoms with van der Waals surface area (Å²) in [5, 5.41) is 2.32.